The molecule has 0 aliphatic carbocycles. The van der Waals surface area contributed by atoms with Crippen LogP contribution in [-0.4, -0.2) is 28.5 Å². The molecule has 0 saturated carbocycles. The zero-order valence-electron chi connectivity index (χ0n) is 7.33. The molecule has 0 aliphatic heterocycles. The Morgan fingerprint density at radius 1 is 1.57 bits per heavy atom. The molecule has 0 aromatic carbocycles. The van der Waals surface area contributed by atoms with Gasteiger partial charge in [0.25, 0.3) is 0 Å². The number of fused-ring (bicyclic) bond motifs is 1. The van der Waals surface area contributed by atoms with Crippen molar-refractivity contribution < 1.29 is 9.13 Å². The van der Waals surface area contributed by atoms with Gasteiger partial charge in [-0.15, -0.1) is 5.10 Å². The van der Waals surface area contributed by atoms with Gasteiger partial charge in [-0.25, -0.2) is 9.37 Å². The second-order valence-corrected chi connectivity index (χ2v) is 2.73. The minimum atomic E-state index is -0.551. The maximum Gasteiger partial charge on any atom is 0.242 e. The number of pyridine rings is 1. The fourth-order valence-corrected chi connectivity index (χ4v) is 1.14. The van der Waals surface area contributed by atoms with Crippen LogP contribution in [0.3, 0.4) is 0 Å². The van der Waals surface area contributed by atoms with Crippen LogP contribution in [0.2, 0.25) is 0 Å². The molecule has 0 spiro atoms. The largest absolute Gasteiger partial charge is 0.473 e. The number of rotatable bonds is 3. The third kappa shape index (κ3) is 1.46. The van der Waals surface area contributed by atoms with Gasteiger partial charge in [-0.3, -0.25) is 5.10 Å². The lowest BCUT2D eigenvalue weighted by Gasteiger charge is -1.98. The van der Waals surface area contributed by atoms with E-state index in [0.717, 1.165) is 0 Å². The molecular weight excluding hydrogens is 187 g/mol. The Labute approximate surface area is 79.1 Å². The summed E-state index contributed by atoms with van der Waals surface area (Å²) in [4.78, 5) is 3.99. The molecule has 0 bridgehead atoms. The molecule has 74 valence electrons. The SMILES string of the molecule is Nc1cnc2[nH]nc(OCCF)c2c1. The number of anilines is 1. The monoisotopic (exact) mass is 196 g/mol. The first-order valence-corrected chi connectivity index (χ1v) is 4.09. The fourth-order valence-electron chi connectivity index (χ4n) is 1.14. The summed E-state index contributed by atoms with van der Waals surface area (Å²) in [5.41, 5.74) is 6.64. The average Bonchev–Trinajstić information content (AvgIpc) is 2.57. The predicted molar refractivity (Wildman–Crippen MR) is 49.8 cm³/mol. The van der Waals surface area contributed by atoms with E-state index < -0.39 is 6.67 Å². The number of hydrogen-bond acceptors (Lipinski definition) is 4. The van der Waals surface area contributed by atoms with E-state index in [-0.39, 0.29) is 6.61 Å². The second kappa shape index (κ2) is 3.49. The van der Waals surface area contributed by atoms with Crippen LogP contribution in [0.15, 0.2) is 12.3 Å². The van der Waals surface area contributed by atoms with Gasteiger partial charge in [-0.05, 0) is 6.07 Å². The number of nitrogens with one attached hydrogen (secondary N) is 1. The van der Waals surface area contributed by atoms with Crippen LogP contribution in [0.5, 0.6) is 5.88 Å². The Bertz CT molecular complexity index is 442. The summed E-state index contributed by atoms with van der Waals surface area (Å²) in [7, 11) is 0. The summed E-state index contributed by atoms with van der Waals surface area (Å²) < 4.78 is 16.9. The fraction of sp³-hybridized carbons (Fsp3) is 0.250. The number of nitrogen functional groups attached to an aromatic ring is 1. The normalized spacial score (nSPS) is 10.6. The third-order valence-electron chi connectivity index (χ3n) is 1.72. The van der Waals surface area contributed by atoms with Crippen LogP contribution in [0.25, 0.3) is 11.0 Å². The highest BCUT2D eigenvalue weighted by atomic mass is 19.1. The van der Waals surface area contributed by atoms with E-state index in [1.807, 2.05) is 0 Å². The van der Waals surface area contributed by atoms with E-state index in [1.54, 1.807) is 6.07 Å². The highest BCUT2D eigenvalue weighted by Crippen LogP contribution is 2.22. The van der Waals surface area contributed by atoms with Gasteiger partial charge in [0, 0.05) is 0 Å². The quantitative estimate of drug-likeness (QED) is 0.764. The minimum Gasteiger partial charge on any atom is -0.473 e. The molecule has 6 heteroatoms. The van der Waals surface area contributed by atoms with E-state index >= 15 is 0 Å². The number of ether oxygens (including phenoxy) is 1. The molecule has 0 atom stereocenters. The lowest BCUT2D eigenvalue weighted by atomic mass is 10.3. The molecule has 0 amide bonds. The molecule has 2 rings (SSSR count). The van der Waals surface area contributed by atoms with Gasteiger partial charge in [0.15, 0.2) is 5.65 Å². The summed E-state index contributed by atoms with van der Waals surface area (Å²) in [5, 5.41) is 7.17. The number of nitrogens with two attached hydrogens (primary N) is 1. The number of aromatic amines is 1. The van der Waals surface area contributed by atoms with Crippen LogP contribution in [0, 0.1) is 0 Å². The van der Waals surface area contributed by atoms with Crippen molar-refractivity contribution in [1.82, 2.24) is 15.2 Å². The summed E-state index contributed by atoms with van der Waals surface area (Å²) >= 11 is 0. The van der Waals surface area contributed by atoms with Crippen molar-refractivity contribution in [2.75, 3.05) is 19.0 Å². The van der Waals surface area contributed by atoms with Crippen LogP contribution in [-0.2, 0) is 0 Å². The topological polar surface area (TPSA) is 76.8 Å². The highest BCUT2D eigenvalue weighted by molar-refractivity contribution is 5.83. The van der Waals surface area contributed by atoms with Crippen molar-refractivity contribution in [3.8, 4) is 5.88 Å². The Kier molecular flexibility index (Phi) is 2.18. The van der Waals surface area contributed by atoms with Crippen LogP contribution in [0.4, 0.5) is 10.1 Å². The Morgan fingerprint density at radius 3 is 3.21 bits per heavy atom. The minimum absolute atomic E-state index is 0.0191. The first-order chi connectivity index (χ1) is 6.81. The molecule has 0 fully saturated rings. The van der Waals surface area contributed by atoms with E-state index in [9.17, 15) is 4.39 Å². The first-order valence-electron chi connectivity index (χ1n) is 4.09. The standard InChI is InChI=1S/C8H9FN4O/c9-1-2-14-8-6-3-5(10)4-11-7(6)12-13-8/h3-4H,1-2,10H2,(H,11,12,13). The lowest BCUT2D eigenvalue weighted by Crippen LogP contribution is -1.99. The van der Waals surface area contributed by atoms with Gasteiger partial charge >= 0.3 is 0 Å². The summed E-state index contributed by atoms with van der Waals surface area (Å²) in [6.45, 7) is -0.571. The van der Waals surface area contributed by atoms with Crippen LogP contribution < -0.4 is 10.5 Å². The maximum atomic E-state index is 11.9. The molecule has 2 heterocycles. The zero-order chi connectivity index (χ0) is 9.97. The smallest absolute Gasteiger partial charge is 0.242 e. The average molecular weight is 196 g/mol. The predicted octanol–water partition coefficient (Wildman–Crippen LogP) is 0.888. The number of halogens is 1. The Balaban J connectivity index is 2.40. The number of H-pyrrole nitrogens is 1. The Morgan fingerprint density at radius 2 is 2.43 bits per heavy atom. The van der Waals surface area contributed by atoms with Gasteiger partial charge in [-0.1, -0.05) is 0 Å². The first kappa shape index (κ1) is 8.74. The number of aromatic nitrogens is 3. The van der Waals surface area contributed by atoms with Crippen molar-refractivity contribution in [2.24, 2.45) is 0 Å². The van der Waals surface area contributed by atoms with Gasteiger partial charge in [0.05, 0.1) is 17.3 Å². The lowest BCUT2D eigenvalue weighted by molar-refractivity contribution is 0.266. The van der Waals surface area contributed by atoms with Gasteiger partial charge in [0.2, 0.25) is 5.88 Å². The van der Waals surface area contributed by atoms with E-state index in [4.69, 9.17) is 10.5 Å². The van der Waals surface area contributed by atoms with E-state index in [0.29, 0.717) is 22.6 Å². The highest BCUT2D eigenvalue weighted by Gasteiger charge is 2.07. The summed E-state index contributed by atoms with van der Waals surface area (Å²) in [5.74, 6) is 0.331. The van der Waals surface area contributed by atoms with Gasteiger partial charge in [0.1, 0.15) is 13.3 Å². The number of nitrogens with zero attached hydrogens (tertiary/aromatic N) is 2. The van der Waals surface area contributed by atoms with E-state index in [1.165, 1.54) is 6.20 Å². The van der Waals surface area contributed by atoms with Gasteiger partial charge < -0.3 is 10.5 Å². The molecule has 2 aromatic rings. The molecule has 0 radical (unpaired) electrons. The van der Waals surface area contributed by atoms with Crippen molar-refractivity contribution in [3.05, 3.63) is 12.3 Å². The molecule has 3 N–H and O–H groups in total. The molecular formula is C8H9FN4O. The summed E-state index contributed by atoms with van der Waals surface area (Å²) in [6.07, 6.45) is 1.51. The molecule has 14 heavy (non-hydrogen) atoms. The van der Waals surface area contributed by atoms with Crippen LogP contribution in [0.1, 0.15) is 0 Å². The van der Waals surface area contributed by atoms with Crippen molar-refractivity contribution in [3.63, 3.8) is 0 Å². The molecule has 0 aliphatic rings. The molecule has 0 unspecified atom stereocenters. The number of hydrogen-bond donors (Lipinski definition) is 2. The van der Waals surface area contributed by atoms with Crippen molar-refractivity contribution >= 4 is 16.7 Å². The number of alkyl halides is 1. The molecule has 2 aromatic heterocycles. The summed E-state index contributed by atoms with van der Waals surface area (Å²) in [6, 6.07) is 1.68. The van der Waals surface area contributed by atoms with E-state index in [2.05, 4.69) is 15.2 Å². The Hall–Kier alpha value is -1.85. The van der Waals surface area contributed by atoms with Crippen molar-refractivity contribution in [1.29, 1.82) is 0 Å². The maximum absolute atomic E-state index is 11.9. The van der Waals surface area contributed by atoms with Gasteiger partial charge in [-0.2, -0.15) is 0 Å². The zero-order valence-corrected chi connectivity index (χ0v) is 7.33. The molecule has 0 saturated heterocycles. The molecule has 5 nitrogen and oxygen atoms in total. The van der Waals surface area contributed by atoms with Crippen molar-refractivity contribution in [2.45, 2.75) is 0 Å². The second-order valence-electron chi connectivity index (χ2n) is 2.73. The van der Waals surface area contributed by atoms with Crippen LogP contribution >= 0.6 is 0 Å². The third-order valence-corrected chi connectivity index (χ3v) is 1.72.